The summed E-state index contributed by atoms with van der Waals surface area (Å²) < 4.78 is 12.7. The summed E-state index contributed by atoms with van der Waals surface area (Å²) in [6.07, 6.45) is 1.88. The summed E-state index contributed by atoms with van der Waals surface area (Å²) in [5, 5.41) is 18.6. The molecule has 1 amide bonds. The van der Waals surface area contributed by atoms with Crippen LogP contribution >= 0.6 is 0 Å². The van der Waals surface area contributed by atoms with Crippen LogP contribution in [0.25, 0.3) is 22.6 Å². The molecule has 34 heavy (non-hydrogen) atoms. The first kappa shape index (κ1) is 22.6. The standard InChI is InChI=1S/C23H23N7O4/c1-2-30-20-17(33-13-7-6-12-25-23(31)32)14-26-16(11-10-15-8-4-3-5-9-15)18(20)27-22(30)19-21(24)29-34-28-19/h3-5,8-9,14,25H,2,6-7,12-13H2,1H3,(H2,24,29)(H,31,32). The lowest BCUT2D eigenvalue weighted by molar-refractivity contribution is 0.194. The Morgan fingerprint density at radius 2 is 2.06 bits per heavy atom. The number of pyridine rings is 1. The fourth-order valence-electron chi connectivity index (χ4n) is 3.41. The fourth-order valence-corrected chi connectivity index (χ4v) is 3.41. The second-order valence-corrected chi connectivity index (χ2v) is 7.25. The Morgan fingerprint density at radius 3 is 2.76 bits per heavy atom. The highest BCUT2D eigenvalue weighted by Gasteiger charge is 2.23. The van der Waals surface area contributed by atoms with Crippen LogP contribution in [0.3, 0.4) is 0 Å². The number of aromatic nitrogens is 5. The molecule has 0 aliphatic carbocycles. The summed E-state index contributed by atoms with van der Waals surface area (Å²) in [5.41, 5.74) is 8.85. The molecule has 0 spiro atoms. The third kappa shape index (κ3) is 4.91. The number of nitrogen functional groups attached to an aromatic ring is 1. The highest BCUT2D eigenvalue weighted by molar-refractivity contribution is 5.89. The Kier molecular flexibility index (Phi) is 6.88. The van der Waals surface area contributed by atoms with Gasteiger partial charge >= 0.3 is 6.09 Å². The minimum atomic E-state index is -1.04. The normalized spacial score (nSPS) is 10.6. The van der Waals surface area contributed by atoms with E-state index >= 15 is 0 Å². The average molecular weight is 461 g/mol. The van der Waals surface area contributed by atoms with Crippen LogP contribution < -0.4 is 15.8 Å². The molecule has 0 unspecified atom stereocenters. The van der Waals surface area contributed by atoms with Gasteiger partial charge in [0.15, 0.2) is 23.1 Å². The van der Waals surface area contributed by atoms with Gasteiger partial charge in [0, 0.05) is 18.7 Å². The Labute approximate surface area is 194 Å². The number of nitrogens with one attached hydrogen (secondary N) is 1. The molecular formula is C23H23N7O4. The minimum Gasteiger partial charge on any atom is -0.490 e. The van der Waals surface area contributed by atoms with Gasteiger partial charge in [0.05, 0.1) is 12.8 Å². The van der Waals surface area contributed by atoms with Gasteiger partial charge in [-0.15, -0.1) is 0 Å². The topological polar surface area (TPSA) is 154 Å². The quantitative estimate of drug-likeness (QED) is 0.265. The first-order valence-corrected chi connectivity index (χ1v) is 10.7. The molecule has 11 nitrogen and oxygen atoms in total. The minimum absolute atomic E-state index is 0.128. The number of unbranched alkanes of at least 4 members (excludes halogenated alkanes) is 1. The van der Waals surface area contributed by atoms with E-state index in [9.17, 15) is 4.79 Å². The van der Waals surface area contributed by atoms with Gasteiger partial charge in [-0.2, -0.15) is 0 Å². The molecule has 1 aromatic carbocycles. The van der Waals surface area contributed by atoms with E-state index in [2.05, 4.69) is 32.5 Å². The van der Waals surface area contributed by atoms with Crippen molar-refractivity contribution in [1.29, 1.82) is 0 Å². The zero-order valence-electron chi connectivity index (χ0n) is 18.5. The number of amides is 1. The van der Waals surface area contributed by atoms with Crippen molar-refractivity contribution in [1.82, 2.24) is 30.2 Å². The number of carboxylic acid groups (broad SMARTS) is 1. The number of imidazole rings is 1. The Balaban J connectivity index is 1.71. The van der Waals surface area contributed by atoms with Crippen LogP contribution in [0.4, 0.5) is 10.6 Å². The number of hydrogen-bond donors (Lipinski definition) is 3. The maximum absolute atomic E-state index is 10.6. The Morgan fingerprint density at radius 1 is 1.24 bits per heavy atom. The summed E-state index contributed by atoms with van der Waals surface area (Å²) in [5.74, 6) is 7.35. The van der Waals surface area contributed by atoms with Gasteiger partial charge in [0.1, 0.15) is 16.7 Å². The van der Waals surface area contributed by atoms with Crippen LogP contribution in [0.5, 0.6) is 5.75 Å². The fraction of sp³-hybridized carbons (Fsp3) is 0.261. The molecule has 0 atom stereocenters. The molecule has 0 saturated heterocycles. The van der Waals surface area contributed by atoms with Gasteiger partial charge in [-0.1, -0.05) is 24.1 Å². The molecule has 0 radical (unpaired) electrons. The van der Waals surface area contributed by atoms with E-state index in [1.807, 2.05) is 41.8 Å². The van der Waals surface area contributed by atoms with Gasteiger partial charge in [-0.25, -0.2) is 19.4 Å². The van der Waals surface area contributed by atoms with Crippen molar-refractivity contribution in [3.05, 3.63) is 47.8 Å². The van der Waals surface area contributed by atoms with E-state index in [0.29, 0.717) is 66.5 Å². The zero-order chi connectivity index (χ0) is 23.9. The maximum Gasteiger partial charge on any atom is 0.404 e. The van der Waals surface area contributed by atoms with E-state index in [4.69, 9.17) is 25.2 Å². The summed E-state index contributed by atoms with van der Waals surface area (Å²) >= 11 is 0. The maximum atomic E-state index is 10.6. The number of rotatable bonds is 8. The zero-order valence-corrected chi connectivity index (χ0v) is 18.5. The van der Waals surface area contributed by atoms with E-state index in [1.165, 1.54) is 0 Å². The van der Waals surface area contributed by atoms with Crippen LogP contribution in [0.1, 0.15) is 31.0 Å². The summed E-state index contributed by atoms with van der Waals surface area (Å²) in [6.45, 7) is 3.25. The molecule has 0 bridgehead atoms. The lowest BCUT2D eigenvalue weighted by atomic mass is 10.2. The van der Waals surface area contributed by atoms with Crippen molar-refractivity contribution >= 4 is 22.9 Å². The smallest absolute Gasteiger partial charge is 0.404 e. The van der Waals surface area contributed by atoms with Gasteiger partial charge in [-0.3, -0.25) is 0 Å². The molecule has 0 aliphatic rings. The van der Waals surface area contributed by atoms with Crippen molar-refractivity contribution in [2.45, 2.75) is 26.3 Å². The molecule has 11 heteroatoms. The van der Waals surface area contributed by atoms with Crippen LogP contribution in [0.2, 0.25) is 0 Å². The molecule has 4 rings (SSSR count). The van der Waals surface area contributed by atoms with Crippen LogP contribution in [0.15, 0.2) is 41.2 Å². The van der Waals surface area contributed by atoms with Crippen molar-refractivity contribution in [3.8, 4) is 29.1 Å². The SMILES string of the molecule is CCn1c(-c2nonc2N)nc2c(C#Cc3ccccc3)ncc(OCCCCNC(=O)O)c21. The van der Waals surface area contributed by atoms with Crippen molar-refractivity contribution in [3.63, 3.8) is 0 Å². The van der Waals surface area contributed by atoms with Crippen molar-refractivity contribution in [2.24, 2.45) is 0 Å². The van der Waals surface area contributed by atoms with Gasteiger partial charge in [-0.05, 0) is 48.1 Å². The lowest BCUT2D eigenvalue weighted by Crippen LogP contribution is -2.22. The molecule has 174 valence electrons. The van der Waals surface area contributed by atoms with Gasteiger partial charge in [0.25, 0.3) is 0 Å². The lowest BCUT2D eigenvalue weighted by Gasteiger charge is -2.10. The average Bonchev–Trinajstić information content (AvgIpc) is 3.44. The number of aryl methyl sites for hydroxylation is 1. The van der Waals surface area contributed by atoms with Gasteiger partial charge < -0.3 is 25.5 Å². The summed E-state index contributed by atoms with van der Waals surface area (Å²) in [4.78, 5) is 19.8. The first-order valence-electron chi connectivity index (χ1n) is 10.7. The second-order valence-electron chi connectivity index (χ2n) is 7.25. The van der Waals surface area contributed by atoms with E-state index in [1.54, 1.807) is 6.20 Å². The molecule has 0 saturated carbocycles. The van der Waals surface area contributed by atoms with Crippen LogP contribution in [-0.4, -0.2) is 49.2 Å². The monoisotopic (exact) mass is 461 g/mol. The molecule has 3 aromatic heterocycles. The Hall–Kier alpha value is -4.59. The molecular weight excluding hydrogens is 438 g/mol. The number of nitrogens with two attached hydrogens (primary N) is 1. The van der Waals surface area contributed by atoms with E-state index < -0.39 is 6.09 Å². The number of hydrogen-bond acceptors (Lipinski definition) is 8. The molecule has 3 heterocycles. The molecule has 4 N–H and O–H groups in total. The number of carbonyl (C=O) groups is 1. The highest BCUT2D eigenvalue weighted by Crippen LogP contribution is 2.33. The molecule has 0 fully saturated rings. The van der Waals surface area contributed by atoms with Crippen molar-refractivity contribution in [2.75, 3.05) is 18.9 Å². The van der Waals surface area contributed by atoms with Crippen LogP contribution in [-0.2, 0) is 6.54 Å². The first-order chi connectivity index (χ1) is 16.6. The van der Waals surface area contributed by atoms with E-state index in [-0.39, 0.29) is 5.82 Å². The summed E-state index contributed by atoms with van der Waals surface area (Å²) in [6, 6.07) is 9.59. The Bertz CT molecular complexity index is 1350. The number of benzene rings is 1. The number of fused-ring (bicyclic) bond motifs is 1. The highest BCUT2D eigenvalue weighted by atomic mass is 16.6. The predicted octanol–water partition coefficient (Wildman–Crippen LogP) is 2.91. The van der Waals surface area contributed by atoms with Crippen LogP contribution in [0, 0.1) is 11.8 Å². The van der Waals surface area contributed by atoms with Crippen molar-refractivity contribution < 1.29 is 19.3 Å². The number of ether oxygens (including phenoxy) is 1. The second kappa shape index (κ2) is 10.4. The molecule has 0 aliphatic heterocycles. The largest absolute Gasteiger partial charge is 0.490 e. The third-order valence-corrected chi connectivity index (χ3v) is 4.98. The predicted molar refractivity (Wildman–Crippen MR) is 124 cm³/mol. The molecule has 4 aromatic rings. The summed E-state index contributed by atoms with van der Waals surface area (Å²) in [7, 11) is 0. The van der Waals surface area contributed by atoms with E-state index in [0.717, 1.165) is 5.56 Å². The van der Waals surface area contributed by atoms with Gasteiger partial charge in [0.2, 0.25) is 0 Å². The third-order valence-electron chi connectivity index (χ3n) is 4.98. The number of anilines is 1. The number of nitrogens with zero attached hydrogens (tertiary/aromatic N) is 5.